The molecule has 0 N–H and O–H groups in total. The molecule has 1 aromatic carbocycles. The minimum absolute atomic E-state index is 0.527. The maximum Gasteiger partial charge on any atom is 0.150 e. The van der Waals surface area contributed by atoms with E-state index in [0.717, 1.165) is 26.9 Å². The van der Waals surface area contributed by atoms with Crippen molar-refractivity contribution in [1.29, 1.82) is 0 Å². The highest BCUT2D eigenvalue weighted by Gasteiger charge is 2.05. The molecule has 20 heavy (non-hydrogen) atoms. The van der Waals surface area contributed by atoms with E-state index in [1.54, 1.807) is 29.3 Å². The Hall–Kier alpha value is -1.36. The fourth-order valence-corrected chi connectivity index (χ4v) is 3.58. The zero-order chi connectivity index (χ0) is 13.8. The lowest BCUT2D eigenvalue weighted by molar-refractivity contribution is 1.22. The molecule has 0 atom stereocenters. The minimum Gasteiger partial charge on any atom is -0.244 e. The normalized spacial score (nSPS) is 10.7. The molecular formula is C15H11ClN2S2. The summed E-state index contributed by atoms with van der Waals surface area (Å²) in [6.45, 7) is 0. The third kappa shape index (κ3) is 3.39. The van der Waals surface area contributed by atoms with Crippen molar-refractivity contribution in [3.8, 4) is 11.3 Å². The molecule has 5 heteroatoms. The van der Waals surface area contributed by atoms with E-state index in [9.17, 15) is 0 Å². The Balaban J connectivity index is 1.67. The summed E-state index contributed by atoms with van der Waals surface area (Å²) in [6, 6.07) is 14.0. The Morgan fingerprint density at radius 2 is 1.95 bits per heavy atom. The van der Waals surface area contributed by atoms with Gasteiger partial charge in [-0.3, -0.25) is 0 Å². The molecule has 0 spiro atoms. The van der Waals surface area contributed by atoms with Crippen molar-refractivity contribution >= 4 is 34.7 Å². The zero-order valence-electron chi connectivity index (χ0n) is 10.5. The highest BCUT2D eigenvalue weighted by Crippen LogP contribution is 2.30. The van der Waals surface area contributed by atoms with E-state index < -0.39 is 0 Å². The van der Waals surface area contributed by atoms with Crippen LogP contribution in [0.4, 0.5) is 0 Å². The van der Waals surface area contributed by atoms with Crippen molar-refractivity contribution < 1.29 is 0 Å². The van der Waals surface area contributed by atoms with Gasteiger partial charge in [-0.1, -0.05) is 59.8 Å². The van der Waals surface area contributed by atoms with E-state index in [1.165, 1.54) is 0 Å². The number of halogens is 1. The molecule has 0 aliphatic carbocycles. The van der Waals surface area contributed by atoms with Crippen molar-refractivity contribution in [3.63, 3.8) is 0 Å². The summed E-state index contributed by atoms with van der Waals surface area (Å²) in [6.07, 6.45) is 1.81. The third-order valence-corrected chi connectivity index (χ3v) is 5.02. The zero-order valence-corrected chi connectivity index (χ0v) is 12.9. The van der Waals surface area contributed by atoms with Crippen LogP contribution in [-0.2, 0) is 5.75 Å². The number of benzene rings is 1. The number of thioether (sulfide) groups is 1. The van der Waals surface area contributed by atoms with Gasteiger partial charge in [-0.15, -0.1) is 11.3 Å². The first-order valence-corrected chi connectivity index (χ1v) is 8.30. The second-order valence-corrected chi connectivity index (χ2v) is 6.61. The second-order valence-electron chi connectivity index (χ2n) is 4.14. The molecule has 0 saturated carbocycles. The molecule has 3 aromatic rings. The second kappa shape index (κ2) is 6.39. The topological polar surface area (TPSA) is 25.8 Å². The summed E-state index contributed by atoms with van der Waals surface area (Å²) in [5, 5.41) is 2.62. The van der Waals surface area contributed by atoms with Crippen molar-refractivity contribution in [3.05, 3.63) is 64.8 Å². The van der Waals surface area contributed by atoms with Crippen LogP contribution in [0.2, 0.25) is 5.15 Å². The molecule has 0 amide bonds. The number of hydrogen-bond donors (Lipinski definition) is 0. The van der Waals surface area contributed by atoms with Crippen molar-refractivity contribution in [2.45, 2.75) is 10.1 Å². The molecule has 2 aromatic heterocycles. The SMILES string of the molecule is Clc1ccc(CSc2nc(-c3ccccc3)cs2)cn1. The van der Waals surface area contributed by atoms with Crippen LogP contribution in [0, 0.1) is 0 Å². The molecule has 0 radical (unpaired) electrons. The molecule has 0 saturated heterocycles. The summed E-state index contributed by atoms with van der Waals surface area (Å²) in [4.78, 5) is 8.73. The van der Waals surface area contributed by atoms with Gasteiger partial charge in [-0.2, -0.15) is 0 Å². The van der Waals surface area contributed by atoms with Gasteiger partial charge in [0.15, 0.2) is 4.34 Å². The van der Waals surface area contributed by atoms with Gasteiger partial charge in [0.1, 0.15) is 5.15 Å². The van der Waals surface area contributed by atoms with Crippen LogP contribution in [0.1, 0.15) is 5.56 Å². The highest BCUT2D eigenvalue weighted by molar-refractivity contribution is 8.00. The summed E-state index contributed by atoms with van der Waals surface area (Å²) in [5.41, 5.74) is 3.34. The van der Waals surface area contributed by atoms with Crippen molar-refractivity contribution in [2.75, 3.05) is 0 Å². The Labute approximate surface area is 130 Å². The standard InChI is InChI=1S/C15H11ClN2S2/c16-14-7-6-11(8-17-14)9-19-15-18-13(10-20-15)12-4-2-1-3-5-12/h1-8,10H,9H2. The number of hydrogen-bond acceptors (Lipinski definition) is 4. The lowest BCUT2D eigenvalue weighted by atomic mass is 10.2. The first kappa shape index (κ1) is 13.6. The summed E-state index contributed by atoms with van der Waals surface area (Å²) in [5.74, 6) is 0.853. The molecule has 3 rings (SSSR count). The van der Waals surface area contributed by atoms with E-state index >= 15 is 0 Å². The van der Waals surface area contributed by atoms with Gasteiger partial charge in [0.25, 0.3) is 0 Å². The minimum atomic E-state index is 0.527. The molecule has 100 valence electrons. The lowest BCUT2D eigenvalue weighted by Gasteiger charge is -1.98. The average Bonchev–Trinajstić information content (AvgIpc) is 2.97. The van der Waals surface area contributed by atoms with Gasteiger partial charge >= 0.3 is 0 Å². The van der Waals surface area contributed by atoms with Crippen LogP contribution in [0.3, 0.4) is 0 Å². The number of nitrogens with zero attached hydrogens (tertiary/aromatic N) is 2. The number of aromatic nitrogens is 2. The molecule has 0 aliphatic heterocycles. The van der Waals surface area contributed by atoms with Crippen molar-refractivity contribution in [1.82, 2.24) is 9.97 Å². The summed E-state index contributed by atoms with van der Waals surface area (Å²) in [7, 11) is 0. The molecule has 2 heterocycles. The number of thiazole rings is 1. The number of pyridine rings is 1. The summed E-state index contributed by atoms with van der Waals surface area (Å²) < 4.78 is 1.07. The largest absolute Gasteiger partial charge is 0.244 e. The molecular weight excluding hydrogens is 308 g/mol. The summed E-state index contributed by atoms with van der Waals surface area (Å²) >= 11 is 9.16. The maximum atomic E-state index is 5.77. The molecule has 2 nitrogen and oxygen atoms in total. The molecule has 0 unspecified atom stereocenters. The van der Waals surface area contributed by atoms with Crippen LogP contribution in [0.25, 0.3) is 11.3 Å². The molecule has 0 aliphatic rings. The first-order valence-electron chi connectivity index (χ1n) is 6.05. The van der Waals surface area contributed by atoms with E-state index in [0.29, 0.717) is 5.15 Å². The Morgan fingerprint density at radius 3 is 2.70 bits per heavy atom. The predicted molar refractivity (Wildman–Crippen MR) is 86.4 cm³/mol. The quantitative estimate of drug-likeness (QED) is 0.491. The number of rotatable bonds is 4. The van der Waals surface area contributed by atoms with Gasteiger partial charge in [0, 0.05) is 22.9 Å². The van der Waals surface area contributed by atoms with Gasteiger partial charge in [-0.05, 0) is 11.6 Å². The predicted octanol–water partition coefficient (Wildman–Crippen LogP) is 5.15. The van der Waals surface area contributed by atoms with Crippen molar-refractivity contribution in [2.24, 2.45) is 0 Å². The monoisotopic (exact) mass is 318 g/mol. The average molecular weight is 319 g/mol. The van der Waals surface area contributed by atoms with Crippen LogP contribution < -0.4 is 0 Å². The first-order chi connectivity index (χ1) is 9.81. The van der Waals surface area contributed by atoms with E-state index in [4.69, 9.17) is 11.6 Å². The third-order valence-electron chi connectivity index (χ3n) is 2.70. The van der Waals surface area contributed by atoms with E-state index in [2.05, 4.69) is 27.5 Å². The van der Waals surface area contributed by atoms with Gasteiger partial charge < -0.3 is 0 Å². The van der Waals surface area contributed by atoms with Crippen LogP contribution in [-0.4, -0.2) is 9.97 Å². The van der Waals surface area contributed by atoms with Crippen LogP contribution >= 0.6 is 34.7 Å². The lowest BCUT2D eigenvalue weighted by Crippen LogP contribution is -1.83. The Morgan fingerprint density at radius 1 is 1.10 bits per heavy atom. The maximum absolute atomic E-state index is 5.77. The Bertz CT molecular complexity index is 681. The fourth-order valence-electron chi connectivity index (χ4n) is 1.70. The van der Waals surface area contributed by atoms with Gasteiger partial charge in [-0.25, -0.2) is 9.97 Å². The van der Waals surface area contributed by atoms with Gasteiger partial charge in [0.2, 0.25) is 0 Å². The van der Waals surface area contributed by atoms with Gasteiger partial charge in [0.05, 0.1) is 5.69 Å². The molecule has 0 fully saturated rings. The van der Waals surface area contributed by atoms with Crippen LogP contribution in [0.5, 0.6) is 0 Å². The fraction of sp³-hybridized carbons (Fsp3) is 0.0667. The highest BCUT2D eigenvalue weighted by atomic mass is 35.5. The van der Waals surface area contributed by atoms with E-state index in [1.807, 2.05) is 30.3 Å². The molecule has 0 bridgehead atoms. The smallest absolute Gasteiger partial charge is 0.150 e. The Kier molecular flexibility index (Phi) is 4.35. The van der Waals surface area contributed by atoms with E-state index in [-0.39, 0.29) is 0 Å². The van der Waals surface area contributed by atoms with Crippen LogP contribution in [0.15, 0.2) is 58.4 Å².